The van der Waals surface area contributed by atoms with E-state index in [-0.39, 0.29) is 33.0 Å². The maximum atomic E-state index is 12.8. The summed E-state index contributed by atoms with van der Waals surface area (Å²) in [5, 5.41) is 0. The van der Waals surface area contributed by atoms with Crippen LogP contribution in [0, 0.1) is 0 Å². The lowest BCUT2D eigenvalue weighted by Crippen LogP contribution is -2.20. The highest BCUT2D eigenvalue weighted by Gasteiger charge is 2.51. The fraction of sp³-hybridized carbons (Fsp3) is 1.00. The molecule has 0 unspecified atom stereocenters. The summed E-state index contributed by atoms with van der Waals surface area (Å²) < 4.78 is 51.8. The van der Waals surface area contributed by atoms with Crippen molar-refractivity contribution in [2.45, 2.75) is 40.2 Å². The smallest absolute Gasteiger partial charge is 0.355 e. The molecule has 0 aromatic heterocycles. The van der Waals surface area contributed by atoms with Crippen LogP contribution in [0.3, 0.4) is 0 Å². The maximum Gasteiger partial charge on any atom is 0.371 e. The topological polar surface area (TPSA) is 80.3 Å². The number of ether oxygens (including phenoxy) is 1. The van der Waals surface area contributed by atoms with Crippen molar-refractivity contribution in [3.05, 3.63) is 0 Å². The molecule has 0 bridgehead atoms. The Hall–Kier alpha value is 0.260. The summed E-state index contributed by atoms with van der Waals surface area (Å²) in [4.78, 5) is 0. The van der Waals surface area contributed by atoms with E-state index in [1.54, 1.807) is 34.6 Å². The molecule has 0 N–H and O–H groups in total. The minimum absolute atomic E-state index is 0.138. The number of hydrogen-bond acceptors (Lipinski definition) is 7. The average molecular weight is 332 g/mol. The van der Waals surface area contributed by atoms with Gasteiger partial charge in [-0.25, -0.2) is 0 Å². The third kappa shape index (κ3) is 5.57. The first-order valence-corrected chi connectivity index (χ1v) is 10.1. The summed E-state index contributed by atoms with van der Waals surface area (Å²) >= 11 is 0. The van der Waals surface area contributed by atoms with Crippen LogP contribution in [0.5, 0.6) is 0 Å². The summed E-state index contributed by atoms with van der Waals surface area (Å²) in [7, 11) is -7.52. The Bertz CT molecular complexity index is 298. The largest absolute Gasteiger partial charge is 0.371 e. The van der Waals surface area contributed by atoms with Crippen molar-refractivity contribution < 1.29 is 32.0 Å². The lowest BCUT2D eigenvalue weighted by Gasteiger charge is -2.30. The zero-order chi connectivity index (χ0) is 15.6. The van der Waals surface area contributed by atoms with E-state index in [4.69, 9.17) is 22.8 Å². The number of hydrogen-bond donors (Lipinski definition) is 0. The molecular weight excluding hydrogens is 306 g/mol. The van der Waals surface area contributed by atoms with E-state index in [9.17, 15) is 9.13 Å². The third-order valence-corrected chi connectivity index (χ3v) is 7.64. The van der Waals surface area contributed by atoms with Gasteiger partial charge in [0.25, 0.3) is 5.59 Å². The Morgan fingerprint density at radius 1 is 0.650 bits per heavy atom. The molecular formula is C11H26O7P2. The van der Waals surface area contributed by atoms with Crippen molar-refractivity contribution in [3.8, 4) is 0 Å². The Morgan fingerprint density at radius 2 is 0.950 bits per heavy atom. The van der Waals surface area contributed by atoms with Crippen molar-refractivity contribution in [1.82, 2.24) is 0 Å². The zero-order valence-electron chi connectivity index (χ0n) is 12.9. The Balaban J connectivity index is 5.53. The van der Waals surface area contributed by atoms with Crippen LogP contribution >= 0.6 is 15.2 Å². The highest BCUT2D eigenvalue weighted by molar-refractivity contribution is 7.72. The van der Waals surface area contributed by atoms with Crippen molar-refractivity contribution >= 4 is 15.2 Å². The van der Waals surface area contributed by atoms with Gasteiger partial charge in [-0.1, -0.05) is 0 Å². The van der Waals surface area contributed by atoms with E-state index in [0.717, 1.165) is 0 Å². The van der Waals surface area contributed by atoms with E-state index >= 15 is 0 Å². The van der Waals surface area contributed by atoms with E-state index in [1.165, 1.54) is 0 Å². The summed E-state index contributed by atoms with van der Waals surface area (Å²) in [6, 6.07) is 0. The van der Waals surface area contributed by atoms with Gasteiger partial charge in [0.1, 0.15) is 0 Å². The van der Waals surface area contributed by atoms with Gasteiger partial charge >= 0.3 is 15.2 Å². The third-order valence-electron chi connectivity index (χ3n) is 2.09. The molecule has 0 atom stereocenters. The molecule has 0 rings (SSSR count). The number of rotatable bonds is 12. The fourth-order valence-electron chi connectivity index (χ4n) is 1.55. The molecule has 0 amide bonds. The Morgan fingerprint density at radius 3 is 1.15 bits per heavy atom. The van der Waals surface area contributed by atoms with Crippen LogP contribution in [-0.4, -0.2) is 38.6 Å². The van der Waals surface area contributed by atoms with Crippen LogP contribution in [0.2, 0.25) is 0 Å². The highest BCUT2D eigenvalue weighted by Crippen LogP contribution is 2.70. The van der Waals surface area contributed by atoms with Gasteiger partial charge in [-0.15, -0.1) is 0 Å². The van der Waals surface area contributed by atoms with E-state index in [1.807, 2.05) is 0 Å². The molecule has 9 heteroatoms. The van der Waals surface area contributed by atoms with Crippen molar-refractivity contribution in [1.29, 1.82) is 0 Å². The molecule has 0 saturated carbocycles. The molecule has 0 aromatic rings. The standard InChI is InChI=1S/C11H26O7P2/c1-6-14-11(19(12,15-7-2)16-8-3)20(13,17-9-4)18-10-5/h11H,6-10H2,1-5H3. The maximum absolute atomic E-state index is 12.8. The van der Waals surface area contributed by atoms with Gasteiger partial charge in [0.15, 0.2) is 0 Å². The molecule has 0 spiro atoms. The van der Waals surface area contributed by atoms with Gasteiger partial charge in [-0.3, -0.25) is 9.13 Å². The summed E-state index contributed by atoms with van der Waals surface area (Å²) in [5.41, 5.74) is -1.38. The molecule has 0 aliphatic carbocycles. The van der Waals surface area contributed by atoms with Gasteiger partial charge in [0.2, 0.25) is 0 Å². The van der Waals surface area contributed by atoms with E-state index < -0.39 is 20.8 Å². The molecule has 0 fully saturated rings. The second-order valence-corrected chi connectivity index (χ2v) is 8.07. The first kappa shape index (κ1) is 20.3. The van der Waals surface area contributed by atoms with Crippen molar-refractivity contribution in [3.63, 3.8) is 0 Å². The van der Waals surface area contributed by atoms with Gasteiger partial charge in [-0.2, -0.15) is 0 Å². The van der Waals surface area contributed by atoms with Crippen LogP contribution in [0.1, 0.15) is 34.6 Å². The second kappa shape index (κ2) is 10.1. The van der Waals surface area contributed by atoms with Crippen LogP contribution < -0.4 is 0 Å². The van der Waals surface area contributed by atoms with Crippen LogP contribution in [0.15, 0.2) is 0 Å². The average Bonchev–Trinajstić information content (AvgIpc) is 2.36. The summed E-state index contributed by atoms with van der Waals surface area (Å²) in [5.74, 6) is 0. The first-order valence-electron chi connectivity index (χ1n) is 6.83. The minimum Gasteiger partial charge on any atom is -0.355 e. The molecule has 122 valence electrons. The molecule has 7 nitrogen and oxygen atoms in total. The minimum atomic E-state index is -3.76. The molecule has 0 aromatic carbocycles. The summed E-state index contributed by atoms with van der Waals surface area (Å²) in [6.07, 6.45) is 0. The molecule has 0 radical (unpaired) electrons. The lowest BCUT2D eigenvalue weighted by molar-refractivity contribution is 0.0883. The molecule has 0 heterocycles. The predicted molar refractivity (Wildman–Crippen MR) is 77.1 cm³/mol. The fourth-order valence-corrected chi connectivity index (χ4v) is 6.50. The second-order valence-electron chi connectivity index (χ2n) is 3.53. The first-order chi connectivity index (χ1) is 9.44. The summed E-state index contributed by atoms with van der Waals surface area (Å²) in [6.45, 7) is 9.09. The normalized spacial score (nSPS) is 13.1. The van der Waals surface area contributed by atoms with Gasteiger partial charge < -0.3 is 22.8 Å². The van der Waals surface area contributed by atoms with Crippen molar-refractivity contribution in [2.24, 2.45) is 0 Å². The quantitative estimate of drug-likeness (QED) is 0.502. The van der Waals surface area contributed by atoms with E-state index in [2.05, 4.69) is 0 Å². The van der Waals surface area contributed by atoms with E-state index in [0.29, 0.717) is 0 Å². The van der Waals surface area contributed by atoms with Crippen LogP contribution in [-0.2, 0) is 32.0 Å². The Kier molecular flexibility index (Phi) is 10.2. The molecule has 0 aliphatic rings. The van der Waals surface area contributed by atoms with Gasteiger partial charge in [-0.05, 0) is 34.6 Å². The molecule has 0 saturated heterocycles. The highest BCUT2D eigenvalue weighted by atomic mass is 31.2. The van der Waals surface area contributed by atoms with Crippen LogP contribution in [0.25, 0.3) is 0 Å². The van der Waals surface area contributed by atoms with Gasteiger partial charge in [0.05, 0.1) is 26.4 Å². The van der Waals surface area contributed by atoms with Gasteiger partial charge in [0, 0.05) is 6.61 Å². The van der Waals surface area contributed by atoms with Crippen molar-refractivity contribution in [2.75, 3.05) is 33.0 Å². The molecule has 20 heavy (non-hydrogen) atoms. The zero-order valence-corrected chi connectivity index (χ0v) is 14.7. The predicted octanol–water partition coefficient (Wildman–Crippen LogP) is 3.84. The lowest BCUT2D eigenvalue weighted by atomic mass is 10.9. The monoisotopic (exact) mass is 332 g/mol. The van der Waals surface area contributed by atoms with Crippen LogP contribution in [0.4, 0.5) is 0 Å². The Labute approximate surface area is 121 Å². The SMILES string of the molecule is CCOC(P(=O)(OCC)OCC)P(=O)(OCC)OCC. The molecule has 0 aliphatic heterocycles.